The van der Waals surface area contributed by atoms with Gasteiger partial charge in [0, 0.05) is 12.3 Å². The number of fused-ring (bicyclic) bond motifs is 4. The van der Waals surface area contributed by atoms with Gasteiger partial charge in [-0.1, -0.05) is 0 Å². The Balaban J connectivity index is 1.76. The van der Waals surface area contributed by atoms with Crippen LogP contribution in [0.1, 0.15) is 27.2 Å². The highest BCUT2D eigenvalue weighted by molar-refractivity contribution is 5.91. The van der Waals surface area contributed by atoms with Gasteiger partial charge in [-0.3, -0.25) is 4.79 Å². The Morgan fingerprint density at radius 2 is 1.95 bits per heavy atom. The molecule has 5 rings (SSSR count). The molecule has 7 nitrogen and oxygen atoms in total. The Kier molecular flexibility index (Phi) is 1.85. The summed E-state index contributed by atoms with van der Waals surface area (Å²) in [5.74, 6) is -2.51. The molecule has 8 atom stereocenters. The second-order valence-electron chi connectivity index (χ2n) is 8.06. The zero-order valence-corrected chi connectivity index (χ0v) is 12.5. The molecule has 7 heteroatoms. The van der Waals surface area contributed by atoms with E-state index in [4.69, 9.17) is 14.2 Å². The molecule has 5 aliphatic rings. The van der Waals surface area contributed by atoms with Crippen molar-refractivity contribution in [3.63, 3.8) is 0 Å². The highest BCUT2D eigenvalue weighted by atomic mass is 16.7. The molecule has 0 aromatic rings. The molecule has 3 saturated heterocycles. The first-order valence-electron chi connectivity index (χ1n) is 7.63. The quantitative estimate of drug-likeness (QED) is 0.479. The Labute approximate surface area is 126 Å². The van der Waals surface area contributed by atoms with E-state index >= 15 is 0 Å². The molecule has 0 aromatic carbocycles. The average molecular weight is 310 g/mol. The Morgan fingerprint density at radius 1 is 1.27 bits per heavy atom. The molecule has 120 valence electrons. The lowest BCUT2D eigenvalue weighted by Gasteiger charge is -2.53. The summed E-state index contributed by atoms with van der Waals surface area (Å²) < 4.78 is 16.5. The van der Waals surface area contributed by atoms with Gasteiger partial charge < -0.3 is 24.4 Å². The SMILES string of the molecule is CC(C)(O)[C@H]1[C@@H]2OC(=O)[C@H]1[C@@]1(O)C[C@@H]3O[C@@]34C(=O)O[C@@H]2[C@@]14C. The summed E-state index contributed by atoms with van der Waals surface area (Å²) >= 11 is 0. The summed E-state index contributed by atoms with van der Waals surface area (Å²) in [5, 5.41) is 21.9. The first kappa shape index (κ1) is 13.3. The van der Waals surface area contributed by atoms with Crippen LogP contribution in [0.4, 0.5) is 0 Å². The smallest absolute Gasteiger partial charge is 0.342 e. The minimum Gasteiger partial charge on any atom is -0.458 e. The van der Waals surface area contributed by atoms with E-state index in [1.54, 1.807) is 20.8 Å². The van der Waals surface area contributed by atoms with Crippen molar-refractivity contribution >= 4 is 11.9 Å². The number of esters is 2. The van der Waals surface area contributed by atoms with Gasteiger partial charge in [-0.2, -0.15) is 0 Å². The second-order valence-corrected chi connectivity index (χ2v) is 8.06. The molecule has 3 heterocycles. The number of aliphatic hydroxyl groups is 2. The van der Waals surface area contributed by atoms with Crippen molar-refractivity contribution < 1.29 is 34.0 Å². The molecule has 2 saturated carbocycles. The molecule has 2 N–H and O–H groups in total. The van der Waals surface area contributed by atoms with E-state index in [9.17, 15) is 19.8 Å². The lowest BCUT2D eigenvalue weighted by atomic mass is 9.52. The fourth-order valence-electron chi connectivity index (χ4n) is 5.83. The van der Waals surface area contributed by atoms with Gasteiger partial charge in [-0.15, -0.1) is 0 Å². The summed E-state index contributed by atoms with van der Waals surface area (Å²) in [6.45, 7) is 4.92. The molecule has 5 fully saturated rings. The van der Waals surface area contributed by atoms with Crippen LogP contribution in [0.15, 0.2) is 0 Å². The molecule has 2 bridgehead atoms. The number of hydrogen-bond acceptors (Lipinski definition) is 7. The molecule has 1 spiro atoms. The molecular formula is C15H18O7. The third-order valence-corrected chi connectivity index (χ3v) is 6.85. The van der Waals surface area contributed by atoms with Crippen LogP contribution in [0.3, 0.4) is 0 Å². The van der Waals surface area contributed by atoms with Crippen molar-refractivity contribution in [2.24, 2.45) is 17.3 Å². The number of carbonyl (C=O) groups is 2. The highest BCUT2D eigenvalue weighted by Gasteiger charge is 2.95. The van der Waals surface area contributed by atoms with Gasteiger partial charge in [0.05, 0.1) is 22.5 Å². The first-order chi connectivity index (χ1) is 10.1. The van der Waals surface area contributed by atoms with E-state index in [1.807, 2.05) is 0 Å². The Morgan fingerprint density at radius 3 is 2.59 bits per heavy atom. The maximum Gasteiger partial charge on any atom is 0.342 e. The minimum absolute atomic E-state index is 0.189. The van der Waals surface area contributed by atoms with Crippen LogP contribution in [0.25, 0.3) is 0 Å². The van der Waals surface area contributed by atoms with Gasteiger partial charge in [-0.05, 0) is 20.8 Å². The van der Waals surface area contributed by atoms with Gasteiger partial charge in [0.2, 0.25) is 5.60 Å². The van der Waals surface area contributed by atoms with Crippen LogP contribution in [0.2, 0.25) is 0 Å². The maximum absolute atomic E-state index is 12.4. The van der Waals surface area contributed by atoms with E-state index in [0.29, 0.717) is 0 Å². The fraction of sp³-hybridized carbons (Fsp3) is 0.867. The summed E-state index contributed by atoms with van der Waals surface area (Å²) in [5.41, 5.74) is -4.89. The number of hydrogen-bond donors (Lipinski definition) is 2. The van der Waals surface area contributed by atoms with Crippen LogP contribution in [-0.2, 0) is 23.8 Å². The second kappa shape index (κ2) is 3.07. The van der Waals surface area contributed by atoms with E-state index in [-0.39, 0.29) is 6.42 Å². The van der Waals surface area contributed by atoms with Crippen LogP contribution >= 0.6 is 0 Å². The summed E-state index contributed by atoms with van der Waals surface area (Å²) in [4.78, 5) is 24.8. The molecule has 22 heavy (non-hydrogen) atoms. The average Bonchev–Trinajstić information content (AvgIpc) is 2.85. The topological polar surface area (TPSA) is 106 Å². The Hall–Kier alpha value is -1.18. The van der Waals surface area contributed by atoms with Crippen molar-refractivity contribution in [2.75, 3.05) is 0 Å². The number of ether oxygens (including phenoxy) is 3. The van der Waals surface area contributed by atoms with Gasteiger partial charge in [0.1, 0.15) is 12.2 Å². The summed E-state index contributed by atoms with van der Waals surface area (Å²) in [6, 6.07) is 0. The molecule has 0 aromatic heterocycles. The van der Waals surface area contributed by atoms with Gasteiger partial charge in [0.25, 0.3) is 0 Å². The van der Waals surface area contributed by atoms with Crippen molar-refractivity contribution in [3.8, 4) is 0 Å². The minimum atomic E-state index is -1.47. The van der Waals surface area contributed by atoms with Crippen LogP contribution < -0.4 is 0 Å². The van der Waals surface area contributed by atoms with E-state index < -0.39 is 64.3 Å². The predicted octanol–water partition coefficient (Wildman–Crippen LogP) is -0.867. The van der Waals surface area contributed by atoms with Gasteiger partial charge in [0.15, 0.2) is 6.10 Å². The number of carbonyl (C=O) groups excluding carboxylic acids is 2. The first-order valence-corrected chi connectivity index (χ1v) is 7.63. The van der Waals surface area contributed by atoms with Crippen molar-refractivity contribution in [3.05, 3.63) is 0 Å². The van der Waals surface area contributed by atoms with E-state index in [1.165, 1.54) is 0 Å². The number of epoxide rings is 1. The standard InChI is InChI=1S/C15H18O7/c1-12(2,18)6-7-10(16)20-8(6)9-13(3)14(7,19)4-5-15(13,22-5)11(17)21-9/h5-9,18-19H,4H2,1-3H3/t5-,6+,7-,8-,9-,13-,14-,15+/m0/s1. The van der Waals surface area contributed by atoms with Crippen LogP contribution in [-0.4, -0.2) is 57.3 Å². The Bertz CT molecular complexity index is 638. The fourth-order valence-corrected chi connectivity index (χ4v) is 5.83. The maximum atomic E-state index is 12.4. The monoisotopic (exact) mass is 310 g/mol. The van der Waals surface area contributed by atoms with Crippen molar-refractivity contribution in [1.82, 2.24) is 0 Å². The molecule has 0 amide bonds. The third kappa shape index (κ3) is 0.962. The van der Waals surface area contributed by atoms with Gasteiger partial charge in [-0.25, -0.2) is 4.79 Å². The third-order valence-electron chi connectivity index (χ3n) is 6.85. The van der Waals surface area contributed by atoms with Crippen molar-refractivity contribution in [2.45, 2.75) is 62.3 Å². The van der Waals surface area contributed by atoms with Crippen molar-refractivity contribution in [1.29, 1.82) is 0 Å². The normalized spacial score (nSPS) is 60.7. The van der Waals surface area contributed by atoms with E-state index in [0.717, 1.165) is 0 Å². The lowest BCUT2D eigenvalue weighted by molar-refractivity contribution is -0.223. The van der Waals surface area contributed by atoms with Crippen LogP contribution in [0.5, 0.6) is 0 Å². The van der Waals surface area contributed by atoms with Crippen LogP contribution in [0, 0.1) is 17.3 Å². The van der Waals surface area contributed by atoms with Gasteiger partial charge >= 0.3 is 11.9 Å². The molecular weight excluding hydrogens is 292 g/mol. The lowest BCUT2D eigenvalue weighted by Crippen LogP contribution is -2.68. The number of rotatable bonds is 1. The predicted molar refractivity (Wildman–Crippen MR) is 68.3 cm³/mol. The molecule has 0 radical (unpaired) electrons. The summed E-state index contributed by atoms with van der Waals surface area (Å²) in [7, 11) is 0. The molecule has 2 aliphatic carbocycles. The zero-order valence-electron chi connectivity index (χ0n) is 12.5. The summed E-state index contributed by atoms with van der Waals surface area (Å²) in [6.07, 6.45) is -1.78. The molecule has 0 unspecified atom stereocenters. The molecule has 3 aliphatic heterocycles. The van der Waals surface area contributed by atoms with E-state index in [2.05, 4.69) is 0 Å². The largest absolute Gasteiger partial charge is 0.458 e. The highest BCUT2D eigenvalue weighted by Crippen LogP contribution is 2.77. The zero-order chi connectivity index (χ0) is 15.9.